The summed E-state index contributed by atoms with van der Waals surface area (Å²) < 4.78 is 0. The average molecular weight is 242 g/mol. The fourth-order valence-electron chi connectivity index (χ4n) is 1.79. The van der Waals surface area contributed by atoms with E-state index >= 15 is 0 Å². The number of carbonyl (C=O) groups is 1. The highest BCUT2D eigenvalue weighted by atomic mass is 16.2. The lowest BCUT2D eigenvalue weighted by atomic mass is 9.99. The van der Waals surface area contributed by atoms with Gasteiger partial charge in [-0.05, 0) is 18.9 Å². The lowest BCUT2D eigenvalue weighted by molar-refractivity contribution is -0.133. The highest BCUT2D eigenvalue weighted by Crippen LogP contribution is 2.11. The highest BCUT2D eigenvalue weighted by molar-refractivity contribution is 5.81. The minimum Gasteiger partial charge on any atom is -0.338 e. The second kappa shape index (κ2) is 7.29. The van der Waals surface area contributed by atoms with Gasteiger partial charge in [-0.15, -0.1) is 6.58 Å². The highest BCUT2D eigenvalue weighted by Gasteiger charge is 2.22. The Balaban J connectivity index is 2.74. The smallest absolute Gasteiger partial charge is 0.240 e. The van der Waals surface area contributed by atoms with E-state index in [1.165, 1.54) is 0 Å². The molecule has 3 nitrogen and oxygen atoms in total. The maximum atomic E-state index is 12.2. The minimum atomic E-state index is -0.618. The van der Waals surface area contributed by atoms with Gasteiger partial charge in [-0.2, -0.15) is 5.26 Å². The van der Waals surface area contributed by atoms with Gasteiger partial charge < -0.3 is 4.90 Å². The molecule has 1 aromatic carbocycles. The van der Waals surface area contributed by atoms with Gasteiger partial charge in [0.2, 0.25) is 5.91 Å². The first-order valence-corrected chi connectivity index (χ1v) is 6.06. The SMILES string of the molecule is C=CCN(CC)C(=O)C(C#N)Cc1ccccc1. The van der Waals surface area contributed by atoms with Gasteiger partial charge in [-0.25, -0.2) is 0 Å². The van der Waals surface area contributed by atoms with Crippen molar-refractivity contribution < 1.29 is 4.79 Å². The van der Waals surface area contributed by atoms with E-state index in [0.717, 1.165) is 5.56 Å². The molecular weight excluding hydrogens is 224 g/mol. The van der Waals surface area contributed by atoms with Gasteiger partial charge in [0.15, 0.2) is 0 Å². The quantitative estimate of drug-likeness (QED) is 0.719. The number of rotatable bonds is 6. The van der Waals surface area contributed by atoms with Crippen LogP contribution in [0.2, 0.25) is 0 Å². The molecule has 0 spiro atoms. The van der Waals surface area contributed by atoms with Crippen LogP contribution in [-0.2, 0) is 11.2 Å². The Hall–Kier alpha value is -2.08. The van der Waals surface area contributed by atoms with Crippen LogP contribution in [0.5, 0.6) is 0 Å². The van der Waals surface area contributed by atoms with Crippen molar-refractivity contribution in [3.05, 3.63) is 48.6 Å². The summed E-state index contributed by atoms with van der Waals surface area (Å²) in [4.78, 5) is 13.8. The zero-order valence-electron chi connectivity index (χ0n) is 10.7. The van der Waals surface area contributed by atoms with Gasteiger partial charge in [-0.1, -0.05) is 36.4 Å². The first-order chi connectivity index (χ1) is 8.72. The number of nitrogens with zero attached hydrogens (tertiary/aromatic N) is 2. The number of nitriles is 1. The van der Waals surface area contributed by atoms with Crippen LogP contribution in [0.15, 0.2) is 43.0 Å². The predicted molar refractivity (Wildman–Crippen MR) is 71.7 cm³/mol. The third-order valence-electron chi connectivity index (χ3n) is 2.78. The van der Waals surface area contributed by atoms with Crippen LogP contribution >= 0.6 is 0 Å². The molecule has 0 N–H and O–H groups in total. The molecule has 0 saturated carbocycles. The molecule has 18 heavy (non-hydrogen) atoms. The predicted octanol–water partition coefficient (Wildman–Crippen LogP) is 2.40. The van der Waals surface area contributed by atoms with Crippen LogP contribution in [0, 0.1) is 17.2 Å². The maximum Gasteiger partial charge on any atom is 0.240 e. The molecule has 1 unspecified atom stereocenters. The van der Waals surface area contributed by atoms with Gasteiger partial charge in [0, 0.05) is 13.1 Å². The zero-order chi connectivity index (χ0) is 13.4. The molecule has 0 aliphatic rings. The van der Waals surface area contributed by atoms with Crippen molar-refractivity contribution in [3.63, 3.8) is 0 Å². The number of hydrogen-bond acceptors (Lipinski definition) is 2. The molecule has 0 heterocycles. The van der Waals surface area contributed by atoms with Crippen molar-refractivity contribution in [2.45, 2.75) is 13.3 Å². The molecule has 0 bridgehead atoms. The van der Waals surface area contributed by atoms with E-state index in [1.807, 2.05) is 37.3 Å². The Bertz CT molecular complexity index is 434. The molecule has 0 radical (unpaired) electrons. The molecule has 0 saturated heterocycles. The summed E-state index contributed by atoms with van der Waals surface area (Å²) in [7, 11) is 0. The average Bonchev–Trinajstić information content (AvgIpc) is 2.42. The van der Waals surface area contributed by atoms with Gasteiger partial charge in [0.1, 0.15) is 5.92 Å². The molecule has 3 heteroatoms. The molecular formula is C15H18N2O. The van der Waals surface area contributed by atoms with Crippen LogP contribution in [0.4, 0.5) is 0 Å². The number of amides is 1. The van der Waals surface area contributed by atoms with Crippen molar-refractivity contribution in [3.8, 4) is 6.07 Å². The Morgan fingerprint density at radius 3 is 2.67 bits per heavy atom. The van der Waals surface area contributed by atoms with Crippen molar-refractivity contribution in [2.75, 3.05) is 13.1 Å². The largest absolute Gasteiger partial charge is 0.338 e. The Labute approximate surface area is 108 Å². The fourth-order valence-corrected chi connectivity index (χ4v) is 1.79. The normalized spacial score (nSPS) is 11.3. The number of benzene rings is 1. The monoisotopic (exact) mass is 242 g/mol. The van der Waals surface area contributed by atoms with Gasteiger partial charge >= 0.3 is 0 Å². The van der Waals surface area contributed by atoms with E-state index in [-0.39, 0.29) is 5.91 Å². The third kappa shape index (κ3) is 3.74. The summed E-state index contributed by atoms with van der Waals surface area (Å²) in [6.07, 6.45) is 2.14. The van der Waals surface area contributed by atoms with E-state index in [2.05, 4.69) is 12.6 Å². The molecule has 0 fully saturated rings. The minimum absolute atomic E-state index is 0.122. The van der Waals surface area contributed by atoms with E-state index < -0.39 is 5.92 Å². The Morgan fingerprint density at radius 2 is 2.17 bits per heavy atom. The first kappa shape index (κ1) is 14.0. The van der Waals surface area contributed by atoms with E-state index in [0.29, 0.717) is 19.5 Å². The molecule has 0 aliphatic heterocycles. The standard InChI is InChI=1S/C15H18N2O/c1-3-10-17(4-2)15(18)14(12-16)11-13-8-6-5-7-9-13/h3,5-9,14H,1,4,10-11H2,2H3. The zero-order valence-corrected chi connectivity index (χ0v) is 10.7. The van der Waals surface area contributed by atoms with Gasteiger partial charge in [0.05, 0.1) is 6.07 Å². The van der Waals surface area contributed by atoms with Crippen LogP contribution in [-0.4, -0.2) is 23.9 Å². The second-order valence-corrected chi connectivity index (χ2v) is 4.04. The van der Waals surface area contributed by atoms with Crippen molar-refractivity contribution in [2.24, 2.45) is 5.92 Å². The lowest BCUT2D eigenvalue weighted by Crippen LogP contribution is -2.36. The molecule has 1 aromatic rings. The molecule has 1 rings (SSSR count). The number of hydrogen-bond donors (Lipinski definition) is 0. The van der Waals surface area contributed by atoms with Gasteiger partial charge in [0.25, 0.3) is 0 Å². The molecule has 0 aromatic heterocycles. The Morgan fingerprint density at radius 1 is 1.50 bits per heavy atom. The third-order valence-corrected chi connectivity index (χ3v) is 2.78. The maximum absolute atomic E-state index is 12.2. The summed E-state index contributed by atoms with van der Waals surface area (Å²) >= 11 is 0. The van der Waals surface area contributed by atoms with Crippen LogP contribution in [0.25, 0.3) is 0 Å². The molecule has 1 atom stereocenters. The molecule has 1 amide bonds. The summed E-state index contributed by atoms with van der Waals surface area (Å²) in [5.74, 6) is -0.740. The number of carbonyl (C=O) groups excluding carboxylic acids is 1. The Kier molecular flexibility index (Phi) is 5.66. The lowest BCUT2D eigenvalue weighted by Gasteiger charge is -2.21. The summed E-state index contributed by atoms with van der Waals surface area (Å²) in [5.41, 5.74) is 1.01. The number of likely N-dealkylation sites (N-methyl/N-ethyl adjacent to an activating group) is 1. The van der Waals surface area contributed by atoms with Crippen molar-refractivity contribution in [1.82, 2.24) is 4.90 Å². The first-order valence-electron chi connectivity index (χ1n) is 6.06. The van der Waals surface area contributed by atoms with E-state index in [1.54, 1.807) is 11.0 Å². The topological polar surface area (TPSA) is 44.1 Å². The van der Waals surface area contributed by atoms with Crippen LogP contribution in [0.1, 0.15) is 12.5 Å². The van der Waals surface area contributed by atoms with Crippen molar-refractivity contribution in [1.29, 1.82) is 5.26 Å². The molecule has 94 valence electrons. The van der Waals surface area contributed by atoms with Crippen molar-refractivity contribution >= 4 is 5.91 Å². The summed E-state index contributed by atoms with van der Waals surface area (Å²) in [5, 5.41) is 9.15. The fraction of sp³-hybridized carbons (Fsp3) is 0.333. The van der Waals surface area contributed by atoms with Crippen LogP contribution in [0.3, 0.4) is 0 Å². The van der Waals surface area contributed by atoms with E-state index in [9.17, 15) is 4.79 Å². The van der Waals surface area contributed by atoms with Crippen LogP contribution < -0.4 is 0 Å². The summed E-state index contributed by atoms with van der Waals surface area (Å²) in [6.45, 7) is 6.61. The van der Waals surface area contributed by atoms with E-state index in [4.69, 9.17) is 5.26 Å². The second-order valence-electron chi connectivity index (χ2n) is 4.04. The summed E-state index contributed by atoms with van der Waals surface area (Å²) in [6, 6.07) is 11.7. The van der Waals surface area contributed by atoms with Gasteiger partial charge in [-0.3, -0.25) is 4.79 Å². The molecule has 0 aliphatic carbocycles.